The number of thiazole rings is 1. The van der Waals surface area contributed by atoms with Crippen LogP contribution in [0.2, 0.25) is 0 Å². The molecule has 0 saturated carbocycles. The lowest BCUT2D eigenvalue weighted by Gasteiger charge is -2.23. The maximum absolute atomic E-state index is 12.5. The maximum atomic E-state index is 12.5. The fourth-order valence-electron chi connectivity index (χ4n) is 3.52. The van der Waals surface area contributed by atoms with Gasteiger partial charge in [-0.05, 0) is 52.1 Å². The van der Waals surface area contributed by atoms with Gasteiger partial charge in [-0.2, -0.15) is 4.98 Å². The third-order valence-electron chi connectivity index (χ3n) is 5.96. The zero-order valence-electron chi connectivity index (χ0n) is 23.8. The molecule has 3 rings (SSSR count). The van der Waals surface area contributed by atoms with Gasteiger partial charge in [-0.25, -0.2) is 9.97 Å². The van der Waals surface area contributed by atoms with Crippen LogP contribution in [0.5, 0.6) is 0 Å². The van der Waals surface area contributed by atoms with Crippen molar-refractivity contribution in [3.05, 3.63) is 47.6 Å². The number of amides is 2. The largest absolute Gasteiger partial charge is 0.369 e. The third kappa shape index (κ3) is 9.32. The second-order valence-electron chi connectivity index (χ2n) is 9.53. The van der Waals surface area contributed by atoms with Gasteiger partial charge in [0.15, 0.2) is 0 Å². The van der Waals surface area contributed by atoms with E-state index in [9.17, 15) is 9.59 Å². The highest BCUT2D eigenvalue weighted by Crippen LogP contribution is 2.23. The molecule has 1 atom stereocenters. The van der Waals surface area contributed by atoms with Crippen LogP contribution in [0.15, 0.2) is 42.1 Å². The van der Waals surface area contributed by atoms with Crippen LogP contribution in [0.25, 0.3) is 10.2 Å². The summed E-state index contributed by atoms with van der Waals surface area (Å²) in [4.78, 5) is 41.6. The van der Waals surface area contributed by atoms with Crippen molar-refractivity contribution >= 4 is 50.8 Å². The van der Waals surface area contributed by atoms with E-state index >= 15 is 0 Å². The molecule has 0 aliphatic carbocycles. The van der Waals surface area contributed by atoms with Gasteiger partial charge in [-0.15, -0.1) is 11.3 Å². The Morgan fingerprint density at radius 3 is 2.77 bits per heavy atom. The number of anilines is 3. The molecular weight excluding hydrogens is 524 g/mol. The number of hydrogen-bond donors (Lipinski definition) is 3. The summed E-state index contributed by atoms with van der Waals surface area (Å²) in [5, 5.41) is 9.47. The number of likely N-dealkylation sites (N-methyl/N-ethyl adjacent to an activating group) is 2. The van der Waals surface area contributed by atoms with Crippen LogP contribution < -0.4 is 16.0 Å². The van der Waals surface area contributed by atoms with Crippen LogP contribution >= 0.6 is 11.3 Å². The molecule has 2 aromatic heterocycles. The molecule has 0 unspecified atom stereocenters. The van der Waals surface area contributed by atoms with Gasteiger partial charge in [0.05, 0.1) is 27.5 Å². The van der Waals surface area contributed by atoms with Crippen LogP contribution in [0, 0.1) is 11.8 Å². The second kappa shape index (κ2) is 15.5. The summed E-state index contributed by atoms with van der Waals surface area (Å²) in [6.45, 7) is 5.71. The molecule has 212 valence electrons. The summed E-state index contributed by atoms with van der Waals surface area (Å²) in [7, 11) is 5.48. The average Bonchev–Trinajstić information content (AvgIpc) is 3.41. The first-order valence-corrected chi connectivity index (χ1v) is 14.2. The Labute approximate surface area is 240 Å². The molecule has 0 bridgehead atoms. The van der Waals surface area contributed by atoms with E-state index in [0.717, 1.165) is 28.9 Å². The van der Waals surface area contributed by atoms with E-state index in [4.69, 9.17) is 0 Å². The van der Waals surface area contributed by atoms with Crippen molar-refractivity contribution in [2.45, 2.75) is 39.2 Å². The number of carbonyl (C=O) groups is 2. The van der Waals surface area contributed by atoms with Crippen LogP contribution in [-0.4, -0.2) is 83.4 Å². The van der Waals surface area contributed by atoms with E-state index < -0.39 is 6.04 Å². The third-order valence-corrected chi connectivity index (χ3v) is 6.77. The van der Waals surface area contributed by atoms with Crippen molar-refractivity contribution in [1.82, 2.24) is 30.1 Å². The van der Waals surface area contributed by atoms with Crippen LogP contribution in [0.3, 0.4) is 0 Å². The highest BCUT2D eigenvalue weighted by atomic mass is 32.1. The van der Waals surface area contributed by atoms with E-state index in [-0.39, 0.29) is 11.8 Å². The Balaban J connectivity index is 1.51. The van der Waals surface area contributed by atoms with Crippen molar-refractivity contribution in [3.8, 4) is 11.8 Å². The second-order valence-corrected chi connectivity index (χ2v) is 10.4. The zero-order valence-corrected chi connectivity index (χ0v) is 24.6. The Hall–Kier alpha value is -4.01. The predicted octanol–water partition coefficient (Wildman–Crippen LogP) is 3.86. The number of hydrogen-bond acceptors (Lipinski definition) is 9. The van der Waals surface area contributed by atoms with Crippen molar-refractivity contribution in [3.63, 3.8) is 0 Å². The molecule has 2 amide bonds. The molecule has 10 nitrogen and oxygen atoms in total. The predicted molar refractivity (Wildman–Crippen MR) is 163 cm³/mol. The fraction of sp³-hybridized carbons (Fsp3) is 0.414. The first-order chi connectivity index (χ1) is 19.3. The molecule has 0 fully saturated rings. The van der Waals surface area contributed by atoms with Crippen LogP contribution in [-0.2, 0) is 9.59 Å². The Kier molecular flexibility index (Phi) is 11.9. The summed E-state index contributed by atoms with van der Waals surface area (Å²) in [5.74, 6) is 7.07. The Bertz CT molecular complexity index is 1380. The summed E-state index contributed by atoms with van der Waals surface area (Å²) in [5.41, 5.74) is 4.34. The number of aromatic nitrogens is 3. The topological polar surface area (TPSA) is 115 Å². The molecule has 0 spiro atoms. The molecule has 0 radical (unpaired) electrons. The van der Waals surface area contributed by atoms with Crippen LogP contribution in [0.4, 0.5) is 17.5 Å². The number of unbranched alkanes of at least 4 members (excludes halogenated alkanes) is 1. The lowest BCUT2D eigenvalue weighted by Crippen LogP contribution is -2.45. The monoisotopic (exact) mass is 562 g/mol. The smallest absolute Gasteiger partial charge is 0.246 e. The summed E-state index contributed by atoms with van der Waals surface area (Å²) < 4.78 is 1.13. The van der Waals surface area contributed by atoms with Gasteiger partial charge in [-0.3, -0.25) is 9.59 Å². The van der Waals surface area contributed by atoms with Gasteiger partial charge in [0.25, 0.3) is 0 Å². The quantitative estimate of drug-likeness (QED) is 0.163. The number of fused-ring (bicyclic) bond motifs is 1. The highest BCUT2D eigenvalue weighted by Gasteiger charge is 2.20. The molecule has 0 aliphatic rings. The van der Waals surface area contributed by atoms with Crippen molar-refractivity contribution in [1.29, 1.82) is 0 Å². The molecule has 2 heterocycles. The van der Waals surface area contributed by atoms with Crippen molar-refractivity contribution in [2.75, 3.05) is 51.4 Å². The number of nitrogens with zero attached hydrogens (tertiary/aromatic N) is 5. The minimum atomic E-state index is -0.567. The molecule has 3 aromatic rings. The normalized spacial score (nSPS) is 11.8. The molecule has 0 aliphatic heterocycles. The lowest BCUT2D eigenvalue weighted by atomic mass is 10.2. The molecule has 0 saturated heterocycles. The number of carbonyl (C=O) groups excluding carboxylic acids is 2. The maximum Gasteiger partial charge on any atom is 0.246 e. The summed E-state index contributed by atoms with van der Waals surface area (Å²) in [6, 6.07) is 5.41. The summed E-state index contributed by atoms with van der Waals surface area (Å²) >= 11 is 1.60. The van der Waals surface area contributed by atoms with E-state index in [1.54, 1.807) is 37.6 Å². The van der Waals surface area contributed by atoms with Crippen molar-refractivity contribution in [2.24, 2.45) is 0 Å². The Morgan fingerprint density at radius 2 is 2.00 bits per heavy atom. The number of benzene rings is 1. The van der Waals surface area contributed by atoms with Gasteiger partial charge in [-0.1, -0.05) is 24.8 Å². The van der Waals surface area contributed by atoms with Gasteiger partial charge in [0, 0.05) is 44.9 Å². The highest BCUT2D eigenvalue weighted by molar-refractivity contribution is 7.16. The molecule has 1 aromatic carbocycles. The fourth-order valence-corrected chi connectivity index (χ4v) is 4.18. The Morgan fingerprint density at radius 1 is 1.18 bits per heavy atom. The van der Waals surface area contributed by atoms with E-state index in [0.29, 0.717) is 43.3 Å². The first kappa shape index (κ1) is 30.5. The minimum Gasteiger partial charge on any atom is -0.369 e. The zero-order chi connectivity index (χ0) is 28.9. The van der Waals surface area contributed by atoms with Crippen molar-refractivity contribution < 1.29 is 9.59 Å². The van der Waals surface area contributed by atoms with Gasteiger partial charge < -0.3 is 25.8 Å². The van der Waals surface area contributed by atoms with E-state index in [2.05, 4.69) is 49.7 Å². The lowest BCUT2D eigenvalue weighted by molar-refractivity contribution is -0.135. The number of nitrogens with one attached hydrogen (secondary N) is 3. The SMILES string of the molecule is CCCNc1nc(Nc2ccc3scnc3c2)ncc1C#CCCCNC(=O)[C@H](C)N(C)C(=O)C=CCN(C)C. The first-order valence-electron chi connectivity index (χ1n) is 13.3. The molecule has 40 heavy (non-hydrogen) atoms. The van der Waals surface area contributed by atoms with Crippen LogP contribution in [0.1, 0.15) is 38.7 Å². The summed E-state index contributed by atoms with van der Waals surface area (Å²) in [6.07, 6.45) is 7.22. The number of rotatable bonds is 13. The van der Waals surface area contributed by atoms with E-state index in [1.807, 2.05) is 42.7 Å². The molecule has 11 heteroatoms. The molecule has 3 N–H and O–H groups in total. The van der Waals surface area contributed by atoms with Gasteiger partial charge >= 0.3 is 0 Å². The standard InChI is InChI=1S/C29H38N8O2S/c1-6-15-30-27-22(19-32-29(35-27)34-23-13-14-25-24(18-23)33-20-40-25)11-8-7-9-16-31-28(39)21(2)37(5)26(38)12-10-17-36(3)4/h10,12-14,18-21H,6-7,9,15-17H2,1-5H3,(H,31,39)(H2,30,32,34,35)/t21-/m0/s1. The van der Waals surface area contributed by atoms with Gasteiger partial charge in [0.2, 0.25) is 17.8 Å². The molecular formula is C29H38N8O2S. The average molecular weight is 563 g/mol. The van der Waals surface area contributed by atoms with E-state index in [1.165, 1.54) is 11.0 Å². The van der Waals surface area contributed by atoms with Gasteiger partial charge in [0.1, 0.15) is 11.9 Å². The minimum absolute atomic E-state index is 0.193.